The maximum atomic E-state index is 13.2. The molecule has 1 aliphatic rings. The molecule has 35 heavy (non-hydrogen) atoms. The van der Waals surface area contributed by atoms with E-state index in [0.717, 1.165) is 36.8 Å². The molecule has 4 N–H and O–H groups in total. The number of anilines is 2. The fourth-order valence-electron chi connectivity index (χ4n) is 4.77. The molecule has 0 amide bonds. The molecule has 0 unspecified atom stereocenters. The lowest BCUT2D eigenvalue weighted by Crippen LogP contribution is -2.31. The van der Waals surface area contributed by atoms with Crippen molar-refractivity contribution in [1.29, 1.82) is 0 Å². The Kier molecular flexibility index (Phi) is 7.32. The minimum Gasteiger partial charge on any atom is -0.378 e. The van der Waals surface area contributed by atoms with Crippen molar-refractivity contribution >= 4 is 21.6 Å². The first-order valence-corrected chi connectivity index (χ1v) is 13.5. The molecule has 2 aromatic heterocycles. The molecular weight excluding hydrogens is 464 g/mol. The summed E-state index contributed by atoms with van der Waals surface area (Å²) >= 11 is 0. The van der Waals surface area contributed by atoms with Crippen LogP contribution in [-0.2, 0) is 23.8 Å². The summed E-state index contributed by atoms with van der Waals surface area (Å²) in [6, 6.07) is 9.55. The van der Waals surface area contributed by atoms with Gasteiger partial charge in [-0.05, 0) is 61.3 Å². The molecule has 10 heteroatoms. The Bertz CT molecular complexity index is 1320. The van der Waals surface area contributed by atoms with E-state index >= 15 is 0 Å². The smallest absolute Gasteiger partial charge is 0.296 e. The summed E-state index contributed by atoms with van der Waals surface area (Å²) in [5.74, 6) is 0.752. The number of benzene rings is 1. The highest BCUT2D eigenvalue weighted by atomic mass is 32.2. The molecule has 1 aliphatic carbocycles. The summed E-state index contributed by atoms with van der Waals surface area (Å²) in [6.07, 6.45) is 9.57. The van der Waals surface area contributed by atoms with Crippen LogP contribution >= 0.6 is 0 Å². The van der Waals surface area contributed by atoms with Crippen molar-refractivity contribution < 1.29 is 8.42 Å². The number of nitrogens with zero attached hydrogens (tertiary/aromatic N) is 3. The first kappa shape index (κ1) is 25.0. The van der Waals surface area contributed by atoms with E-state index in [1.165, 1.54) is 5.56 Å². The minimum atomic E-state index is -3.78. The summed E-state index contributed by atoms with van der Waals surface area (Å²) in [6.45, 7) is 4.87. The Morgan fingerprint density at radius 1 is 1.09 bits per heavy atom. The van der Waals surface area contributed by atoms with Gasteiger partial charge in [-0.3, -0.25) is 14.2 Å². The Balaban J connectivity index is 1.46. The third-order valence-corrected chi connectivity index (χ3v) is 6.94. The molecule has 0 radical (unpaired) electrons. The van der Waals surface area contributed by atoms with Gasteiger partial charge in [-0.25, -0.2) is 5.14 Å². The number of hydrogen-bond acceptors (Lipinski definition) is 5. The van der Waals surface area contributed by atoms with Crippen molar-refractivity contribution in [1.82, 2.24) is 14.3 Å². The van der Waals surface area contributed by atoms with Crippen LogP contribution in [0.15, 0.2) is 53.7 Å². The van der Waals surface area contributed by atoms with E-state index in [2.05, 4.69) is 29.0 Å². The lowest BCUT2D eigenvalue weighted by Gasteiger charge is -2.30. The zero-order valence-corrected chi connectivity index (χ0v) is 21.3. The van der Waals surface area contributed by atoms with Crippen LogP contribution in [0.5, 0.6) is 0 Å². The van der Waals surface area contributed by atoms with Gasteiger partial charge >= 0.3 is 0 Å². The highest BCUT2D eigenvalue weighted by Gasteiger charge is 2.23. The van der Waals surface area contributed by atoms with Crippen molar-refractivity contribution in [3.63, 3.8) is 0 Å². The number of aryl methyl sites for hydroxylation is 1. The lowest BCUT2D eigenvalue weighted by atomic mass is 9.81. The molecule has 1 fully saturated rings. The van der Waals surface area contributed by atoms with Crippen molar-refractivity contribution in [2.24, 2.45) is 18.1 Å². The molecule has 1 saturated carbocycles. The van der Waals surface area contributed by atoms with E-state index in [4.69, 9.17) is 5.14 Å². The van der Waals surface area contributed by atoms with Gasteiger partial charge in [-0.15, -0.1) is 0 Å². The molecule has 0 spiro atoms. The first-order valence-electron chi connectivity index (χ1n) is 12.0. The molecule has 188 valence electrons. The third-order valence-electron chi connectivity index (χ3n) is 6.42. The Labute approximate surface area is 206 Å². The summed E-state index contributed by atoms with van der Waals surface area (Å²) in [4.78, 5) is 13.2. The standard InChI is InChI=1S/C25H34N6O3S/c1-17(2)14-31-16-20(21-13-27-30(3)15-21)12-24(25(31)32)28-22-8-4-18(5-9-22)19-6-10-23(11-7-19)29-35(26,33)34/h6-7,10-13,15-18,22,28-29H,4-5,8-9,14H2,1-3H3,(H2,26,33,34). The predicted octanol–water partition coefficient (Wildman–Crippen LogP) is 3.66. The fourth-order valence-corrected chi connectivity index (χ4v) is 5.24. The first-order chi connectivity index (χ1) is 16.6. The number of aromatic nitrogens is 3. The number of nitrogens with two attached hydrogens (primary N) is 1. The highest BCUT2D eigenvalue weighted by molar-refractivity contribution is 7.90. The summed E-state index contributed by atoms with van der Waals surface area (Å²) < 4.78 is 28.3. The highest BCUT2D eigenvalue weighted by Crippen LogP contribution is 2.34. The van der Waals surface area contributed by atoms with Gasteiger partial charge in [0.05, 0.1) is 6.20 Å². The Morgan fingerprint density at radius 2 is 1.77 bits per heavy atom. The Hall–Kier alpha value is -3.11. The van der Waals surface area contributed by atoms with Crippen molar-refractivity contribution in [3.8, 4) is 11.1 Å². The molecule has 0 atom stereocenters. The Morgan fingerprint density at radius 3 is 2.34 bits per heavy atom. The zero-order chi connectivity index (χ0) is 25.2. The van der Waals surface area contributed by atoms with Gasteiger partial charge in [0, 0.05) is 48.8 Å². The van der Waals surface area contributed by atoms with Crippen molar-refractivity contribution in [2.45, 2.75) is 58.0 Å². The lowest BCUT2D eigenvalue weighted by molar-refractivity contribution is 0.411. The largest absolute Gasteiger partial charge is 0.378 e. The van der Waals surface area contributed by atoms with Crippen LogP contribution in [0.1, 0.15) is 51.0 Å². The second kappa shape index (κ2) is 10.2. The summed E-state index contributed by atoms with van der Waals surface area (Å²) in [7, 11) is -1.89. The van der Waals surface area contributed by atoms with Crippen LogP contribution in [0.4, 0.5) is 11.4 Å². The maximum Gasteiger partial charge on any atom is 0.296 e. The fraction of sp³-hybridized carbons (Fsp3) is 0.440. The molecular formula is C25H34N6O3S. The van der Waals surface area contributed by atoms with E-state index < -0.39 is 10.2 Å². The van der Waals surface area contributed by atoms with Crippen LogP contribution < -0.4 is 20.7 Å². The number of pyridine rings is 1. The van der Waals surface area contributed by atoms with Crippen LogP contribution in [0, 0.1) is 5.92 Å². The van der Waals surface area contributed by atoms with E-state index in [-0.39, 0.29) is 11.6 Å². The second-order valence-corrected chi connectivity index (χ2v) is 11.2. The van der Waals surface area contributed by atoms with Gasteiger partial charge in [0.1, 0.15) is 5.69 Å². The molecule has 2 heterocycles. The minimum absolute atomic E-state index is 0.00593. The van der Waals surface area contributed by atoms with Gasteiger partial charge in [0.15, 0.2) is 0 Å². The van der Waals surface area contributed by atoms with Crippen LogP contribution in [-0.4, -0.2) is 28.8 Å². The molecule has 4 rings (SSSR count). The van der Waals surface area contributed by atoms with Crippen molar-refractivity contribution in [2.75, 3.05) is 10.0 Å². The van der Waals surface area contributed by atoms with Gasteiger partial charge in [0.25, 0.3) is 15.8 Å². The van der Waals surface area contributed by atoms with E-state index in [1.54, 1.807) is 21.4 Å². The molecule has 0 bridgehead atoms. The van der Waals surface area contributed by atoms with E-state index in [9.17, 15) is 13.2 Å². The van der Waals surface area contributed by atoms with Gasteiger partial charge < -0.3 is 9.88 Å². The van der Waals surface area contributed by atoms with Crippen LogP contribution in [0.25, 0.3) is 11.1 Å². The molecule has 0 saturated heterocycles. The summed E-state index contributed by atoms with van der Waals surface area (Å²) in [5, 5.41) is 12.9. The number of nitrogens with one attached hydrogen (secondary N) is 2. The SMILES string of the molecule is CC(C)Cn1cc(-c2cnn(C)c2)cc(NC2CCC(c3ccc(NS(N)(=O)=O)cc3)CC2)c1=O. The average Bonchev–Trinajstić information content (AvgIpc) is 3.22. The monoisotopic (exact) mass is 498 g/mol. The molecule has 3 aromatic rings. The zero-order valence-electron chi connectivity index (χ0n) is 20.4. The molecule has 9 nitrogen and oxygen atoms in total. The van der Waals surface area contributed by atoms with E-state index in [1.807, 2.05) is 43.8 Å². The van der Waals surface area contributed by atoms with Gasteiger partial charge in [-0.2, -0.15) is 13.5 Å². The van der Waals surface area contributed by atoms with E-state index in [0.29, 0.717) is 29.8 Å². The van der Waals surface area contributed by atoms with Gasteiger partial charge in [-0.1, -0.05) is 26.0 Å². The van der Waals surface area contributed by atoms with Crippen molar-refractivity contribution in [3.05, 3.63) is 64.8 Å². The molecule has 0 aliphatic heterocycles. The topological polar surface area (TPSA) is 124 Å². The summed E-state index contributed by atoms with van der Waals surface area (Å²) in [5.41, 5.74) is 4.24. The van der Waals surface area contributed by atoms with Gasteiger partial charge in [0.2, 0.25) is 0 Å². The number of hydrogen-bond donors (Lipinski definition) is 3. The molecule has 1 aromatic carbocycles. The number of rotatable bonds is 8. The third kappa shape index (κ3) is 6.52. The predicted molar refractivity (Wildman–Crippen MR) is 140 cm³/mol. The van der Waals surface area contributed by atoms with Crippen LogP contribution in [0.2, 0.25) is 0 Å². The quantitative estimate of drug-likeness (QED) is 0.437. The average molecular weight is 499 g/mol. The normalized spacial score (nSPS) is 18.5. The maximum absolute atomic E-state index is 13.2. The van der Waals surface area contributed by atoms with Crippen LogP contribution in [0.3, 0.4) is 0 Å². The second-order valence-electron chi connectivity index (χ2n) is 9.86.